The highest BCUT2D eigenvalue weighted by atomic mass is 35.5. The lowest BCUT2D eigenvalue weighted by Crippen LogP contribution is -2.22. The summed E-state index contributed by atoms with van der Waals surface area (Å²) in [4.78, 5) is 0. The van der Waals surface area contributed by atoms with Gasteiger partial charge in [0, 0.05) is 12.1 Å². The van der Waals surface area contributed by atoms with Crippen molar-refractivity contribution < 1.29 is 9.47 Å². The maximum Gasteiger partial charge on any atom is 0.158 e. The van der Waals surface area contributed by atoms with Crippen LogP contribution < -0.4 is 0 Å². The van der Waals surface area contributed by atoms with Gasteiger partial charge in [-0.05, 0) is 25.3 Å². The van der Waals surface area contributed by atoms with Crippen LogP contribution in [0, 0.1) is 11.8 Å². The molecule has 0 amide bonds. The van der Waals surface area contributed by atoms with Crippen LogP contribution in [0.2, 0.25) is 0 Å². The fraction of sp³-hybridized carbons (Fsp3) is 0.600. The highest BCUT2D eigenvalue weighted by Gasteiger charge is 2.12. The summed E-state index contributed by atoms with van der Waals surface area (Å²) in [6, 6.07) is 0. The van der Waals surface area contributed by atoms with Crippen LogP contribution in [0.1, 0.15) is 19.3 Å². The van der Waals surface area contributed by atoms with Crippen molar-refractivity contribution in [2.75, 3.05) is 13.2 Å². The van der Waals surface area contributed by atoms with Gasteiger partial charge in [0.15, 0.2) is 6.29 Å². The molecule has 1 rings (SSSR count). The van der Waals surface area contributed by atoms with Crippen molar-refractivity contribution in [3.63, 3.8) is 0 Å². The molecule has 3 heteroatoms. The van der Waals surface area contributed by atoms with E-state index in [1.807, 2.05) is 0 Å². The van der Waals surface area contributed by atoms with E-state index in [9.17, 15) is 0 Å². The molecule has 0 bridgehead atoms. The van der Waals surface area contributed by atoms with Gasteiger partial charge in [-0.1, -0.05) is 23.4 Å². The molecule has 0 aromatic carbocycles. The van der Waals surface area contributed by atoms with E-state index in [-0.39, 0.29) is 6.29 Å². The number of rotatable bonds is 2. The fourth-order valence-corrected chi connectivity index (χ4v) is 1.17. The Morgan fingerprint density at radius 3 is 3.15 bits per heavy atom. The Labute approximate surface area is 83.9 Å². The minimum atomic E-state index is -0.0527. The average Bonchev–Trinajstić information content (AvgIpc) is 2.19. The fourth-order valence-electron chi connectivity index (χ4n) is 1.11. The van der Waals surface area contributed by atoms with Gasteiger partial charge in [0.2, 0.25) is 0 Å². The van der Waals surface area contributed by atoms with Gasteiger partial charge in [0.1, 0.15) is 6.61 Å². The van der Waals surface area contributed by atoms with Crippen molar-refractivity contribution in [1.82, 2.24) is 0 Å². The molecule has 72 valence electrons. The lowest BCUT2D eigenvalue weighted by Gasteiger charge is -2.21. The van der Waals surface area contributed by atoms with Crippen molar-refractivity contribution in [3.05, 3.63) is 11.6 Å². The maximum atomic E-state index is 5.36. The van der Waals surface area contributed by atoms with E-state index in [4.69, 9.17) is 21.1 Å². The Morgan fingerprint density at radius 2 is 2.46 bits per heavy atom. The minimum Gasteiger partial charge on any atom is -0.353 e. The molecular weight excluding hydrogens is 188 g/mol. The number of ether oxygens (including phenoxy) is 2. The normalized spacial score (nSPS) is 22.7. The number of allylic oxidation sites excluding steroid dienone is 1. The zero-order valence-electron chi connectivity index (χ0n) is 7.46. The van der Waals surface area contributed by atoms with E-state index in [0.717, 1.165) is 19.4 Å². The van der Waals surface area contributed by atoms with Crippen LogP contribution in [0.4, 0.5) is 0 Å². The second-order valence-corrected chi connectivity index (χ2v) is 2.97. The predicted octanol–water partition coefficient (Wildman–Crippen LogP) is 2.29. The molecule has 0 saturated carbocycles. The molecule has 1 saturated heterocycles. The first-order valence-corrected chi connectivity index (χ1v) is 4.84. The standard InChI is InChI=1S/C10H13ClO2/c11-7-3-1-4-8-12-10-6-2-5-9-13-10/h3,7,10H,2,5-6,8-9H2/b7-3+. The second kappa shape index (κ2) is 6.97. The van der Waals surface area contributed by atoms with Crippen LogP contribution in [0.15, 0.2) is 11.6 Å². The van der Waals surface area contributed by atoms with Gasteiger partial charge in [-0.15, -0.1) is 0 Å². The molecule has 0 spiro atoms. The SMILES string of the molecule is Cl/C=C/C#CCOC1CCCCO1. The highest BCUT2D eigenvalue weighted by molar-refractivity contribution is 6.25. The van der Waals surface area contributed by atoms with Crippen LogP contribution >= 0.6 is 11.6 Å². The van der Waals surface area contributed by atoms with Crippen molar-refractivity contribution in [2.24, 2.45) is 0 Å². The van der Waals surface area contributed by atoms with Gasteiger partial charge in [-0.25, -0.2) is 0 Å². The van der Waals surface area contributed by atoms with E-state index in [0.29, 0.717) is 6.61 Å². The predicted molar refractivity (Wildman–Crippen MR) is 52.3 cm³/mol. The Kier molecular flexibility index (Phi) is 5.67. The minimum absolute atomic E-state index is 0.0527. The average molecular weight is 201 g/mol. The van der Waals surface area contributed by atoms with Crippen LogP contribution in [-0.2, 0) is 9.47 Å². The summed E-state index contributed by atoms with van der Waals surface area (Å²) in [5.41, 5.74) is 1.38. The molecule has 1 aliphatic rings. The first-order chi connectivity index (χ1) is 6.43. The molecule has 2 nitrogen and oxygen atoms in total. The number of hydrogen-bond donors (Lipinski definition) is 0. The molecule has 1 fully saturated rings. The van der Waals surface area contributed by atoms with Crippen LogP contribution in [0.25, 0.3) is 0 Å². The molecule has 1 unspecified atom stereocenters. The quantitative estimate of drug-likeness (QED) is 0.637. The molecule has 1 aliphatic heterocycles. The first kappa shape index (κ1) is 10.6. The third-order valence-electron chi connectivity index (χ3n) is 1.73. The summed E-state index contributed by atoms with van der Waals surface area (Å²) < 4.78 is 10.7. The highest BCUT2D eigenvalue weighted by Crippen LogP contribution is 2.12. The smallest absolute Gasteiger partial charge is 0.158 e. The molecule has 13 heavy (non-hydrogen) atoms. The zero-order chi connectivity index (χ0) is 9.36. The summed E-state index contributed by atoms with van der Waals surface area (Å²) in [6.07, 6.45) is 4.82. The Hall–Kier alpha value is -0.490. The summed E-state index contributed by atoms with van der Waals surface area (Å²) in [5.74, 6) is 5.54. The van der Waals surface area contributed by atoms with Crippen molar-refractivity contribution in [3.8, 4) is 11.8 Å². The second-order valence-electron chi connectivity index (χ2n) is 2.72. The third-order valence-corrected chi connectivity index (χ3v) is 1.85. The molecule has 1 heterocycles. The number of halogens is 1. The summed E-state index contributed by atoms with van der Waals surface area (Å²) in [5, 5.41) is 0. The monoisotopic (exact) mass is 200 g/mol. The molecular formula is C10H13ClO2. The van der Waals surface area contributed by atoms with E-state index < -0.39 is 0 Å². The molecule has 0 aromatic rings. The van der Waals surface area contributed by atoms with Crippen molar-refractivity contribution >= 4 is 11.6 Å². The zero-order valence-corrected chi connectivity index (χ0v) is 8.22. The van der Waals surface area contributed by atoms with Crippen LogP contribution in [0.3, 0.4) is 0 Å². The Bertz CT molecular complexity index is 209. The largest absolute Gasteiger partial charge is 0.353 e. The van der Waals surface area contributed by atoms with Gasteiger partial charge < -0.3 is 9.47 Å². The van der Waals surface area contributed by atoms with Crippen LogP contribution in [0.5, 0.6) is 0 Å². The van der Waals surface area contributed by atoms with E-state index in [2.05, 4.69) is 11.8 Å². The summed E-state index contributed by atoms with van der Waals surface area (Å²) >= 11 is 5.28. The summed E-state index contributed by atoms with van der Waals surface area (Å²) in [7, 11) is 0. The van der Waals surface area contributed by atoms with Gasteiger partial charge in [-0.3, -0.25) is 0 Å². The Morgan fingerprint density at radius 1 is 1.54 bits per heavy atom. The summed E-state index contributed by atoms with van der Waals surface area (Å²) in [6.45, 7) is 1.21. The number of hydrogen-bond acceptors (Lipinski definition) is 2. The maximum absolute atomic E-state index is 5.36. The topological polar surface area (TPSA) is 18.5 Å². The van der Waals surface area contributed by atoms with Crippen LogP contribution in [-0.4, -0.2) is 19.5 Å². The van der Waals surface area contributed by atoms with Crippen molar-refractivity contribution in [2.45, 2.75) is 25.6 Å². The third kappa shape index (κ3) is 4.94. The van der Waals surface area contributed by atoms with Crippen molar-refractivity contribution in [1.29, 1.82) is 0 Å². The molecule has 1 atom stereocenters. The molecule has 0 aliphatic carbocycles. The van der Waals surface area contributed by atoms with Gasteiger partial charge >= 0.3 is 0 Å². The van der Waals surface area contributed by atoms with E-state index in [1.165, 1.54) is 12.0 Å². The van der Waals surface area contributed by atoms with Gasteiger partial charge in [-0.2, -0.15) is 0 Å². The Balaban J connectivity index is 2.08. The van der Waals surface area contributed by atoms with E-state index >= 15 is 0 Å². The lowest BCUT2D eigenvalue weighted by molar-refractivity contribution is -0.154. The lowest BCUT2D eigenvalue weighted by atomic mass is 10.2. The molecule has 0 radical (unpaired) electrons. The first-order valence-electron chi connectivity index (χ1n) is 4.40. The van der Waals surface area contributed by atoms with Gasteiger partial charge in [0.25, 0.3) is 0 Å². The molecule has 0 N–H and O–H groups in total. The van der Waals surface area contributed by atoms with E-state index in [1.54, 1.807) is 6.08 Å². The van der Waals surface area contributed by atoms with Gasteiger partial charge in [0.05, 0.1) is 0 Å². The molecule has 0 aromatic heterocycles.